The van der Waals surface area contributed by atoms with Crippen molar-refractivity contribution in [2.75, 3.05) is 17.6 Å². The Labute approximate surface area is 283 Å². The summed E-state index contributed by atoms with van der Waals surface area (Å²) in [5.74, 6) is -2.35. The zero-order valence-electron chi connectivity index (χ0n) is 26.1. The van der Waals surface area contributed by atoms with Crippen LogP contribution in [0, 0.1) is 0 Å². The number of sulfone groups is 1. The number of alkyl halides is 3. The molecular formula is C33H31F3N4O5S3. The summed E-state index contributed by atoms with van der Waals surface area (Å²) < 4.78 is 65.5. The first-order chi connectivity index (χ1) is 22.6. The molecule has 2 heterocycles. The van der Waals surface area contributed by atoms with E-state index in [2.05, 4.69) is 15.6 Å². The Kier molecular flexibility index (Phi) is 10.0. The SMILES string of the molecule is CC(C)(C)N(CCCSc1ccc(-c2ncc(CNC(=O)c3ccc4c(c3)NC(=O)c3ccccc3S4(=O)=O)s2)cc1)C(=O)C(F)(F)F. The van der Waals surface area contributed by atoms with Gasteiger partial charge in [0.05, 0.1) is 27.6 Å². The van der Waals surface area contributed by atoms with Gasteiger partial charge < -0.3 is 15.5 Å². The molecule has 3 amide bonds. The molecule has 0 unspecified atom stereocenters. The molecule has 252 valence electrons. The summed E-state index contributed by atoms with van der Waals surface area (Å²) in [5, 5.41) is 6.13. The van der Waals surface area contributed by atoms with Crippen molar-refractivity contribution in [1.29, 1.82) is 0 Å². The summed E-state index contributed by atoms with van der Waals surface area (Å²) >= 11 is 2.86. The molecular weight excluding hydrogens is 686 g/mol. The number of carbonyl (C=O) groups excluding carboxylic acids is 3. The molecule has 48 heavy (non-hydrogen) atoms. The molecule has 0 bridgehead atoms. The Morgan fingerprint density at radius 1 is 1.00 bits per heavy atom. The van der Waals surface area contributed by atoms with Crippen LogP contribution in [0.25, 0.3) is 10.6 Å². The van der Waals surface area contributed by atoms with E-state index in [0.29, 0.717) is 12.2 Å². The minimum atomic E-state index is -4.92. The predicted molar refractivity (Wildman–Crippen MR) is 178 cm³/mol. The van der Waals surface area contributed by atoms with E-state index in [1.807, 2.05) is 24.3 Å². The zero-order chi connectivity index (χ0) is 34.9. The van der Waals surface area contributed by atoms with E-state index in [1.165, 1.54) is 53.4 Å². The minimum absolute atomic E-state index is 0.00884. The molecule has 0 saturated heterocycles. The highest BCUT2D eigenvalue weighted by atomic mass is 32.2. The molecule has 0 radical (unpaired) electrons. The van der Waals surface area contributed by atoms with Crippen molar-refractivity contribution < 1.29 is 36.0 Å². The maximum Gasteiger partial charge on any atom is 0.471 e. The van der Waals surface area contributed by atoms with Crippen LogP contribution in [0.1, 0.15) is 52.8 Å². The van der Waals surface area contributed by atoms with E-state index >= 15 is 0 Å². The summed E-state index contributed by atoms with van der Waals surface area (Å²) in [6.45, 7) is 4.89. The Hall–Kier alpha value is -4.21. The minimum Gasteiger partial charge on any atom is -0.347 e. The third kappa shape index (κ3) is 7.74. The first-order valence-corrected chi connectivity index (χ1v) is 18.0. The van der Waals surface area contributed by atoms with Gasteiger partial charge >= 0.3 is 12.1 Å². The monoisotopic (exact) mass is 716 g/mol. The van der Waals surface area contributed by atoms with Crippen LogP contribution in [0.4, 0.5) is 18.9 Å². The van der Waals surface area contributed by atoms with Crippen LogP contribution in [-0.2, 0) is 21.2 Å². The highest BCUT2D eigenvalue weighted by Gasteiger charge is 2.45. The number of hydrogen-bond acceptors (Lipinski definition) is 8. The second-order valence-electron chi connectivity index (χ2n) is 11.8. The van der Waals surface area contributed by atoms with Crippen molar-refractivity contribution in [3.63, 3.8) is 0 Å². The molecule has 0 aliphatic carbocycles. The van der Waals surface area contributed by atoms with Crippen molar-refractivity contribution in [3.05, 3.63) is 88.9 Å². The maximum atomic E-state index is 13.2. The van der Waals surface area contributed by atoms with Crippen molar-refractivity contribution >= 4 is 56.3 Å². The van der Waals surface area contributed by atoms with Gasteiger partial charge in [0, 0.05) is 39.2 Å². The molecule has 0 fully saturated rings. The number of thiazole rings is 1. The Morgan fingerprint density at radius 3 is 2.40 bits per heavy atom. The predicted octanol–water partition coefficient (Wildman–Crippen LogP) is 6.81. The highest BCUT2D eigenvalue weighted by Crippen LogP contribution is 2.34. The number of nitrogens with one attached hydrogen (secondary N) is 2. The van der Waals surface area contributed by atoms with Crippen LogP contribution in [-0.4, -0.2) is 60.0 Å². The van der Waals surface area contributed by atoms with Gasteiger partial charge in [-0.25, -0.2) is 13.4 Å². The molecule has 1 aliphatic rings. The van der Waals surface area contributed by atoms with E-state index in [4.69, 9.17) is 0 Å². The van der Waals surface area contributed by atoms with Crippen LogP contribution in [0.3, 0.4) is 0 Å². The normalized spacial score (nSPS) is 13.9. The quantitative estimate of drug-likeness (QED) is 0.144. The van der Waals surface area contributed by atoms with Gasteiger partial charge in [-0.15, -0.1) is 23.1 Å². The molecule has 1 aliphatic heterocycles. The number of hydrogen-bond donors (Lipinski definition) is 2. The lowest BCUT2D eigenvalue weighted by Gasteiger charge is -2.36. The lowest BCUT2D eigenvalue weighted by atomic mass is 10.1. The first kappa shape index (κ1) is 35.1. The first-order valence-electron chi connectivity index (χ1n) is 14.7. The molecule has 9 nitrogen and oxygen atoms in total. The molecule has 0 atom stereocenters. The number of anilines is 1. The summed E-state index contributed by atoms with van der Waals surface area (Å²) in [6, 6.07) is 17.5. The van der Waals surface area contributed by atoms with Crippen molar-refractivity contribution in [1.82, 2.24) is 15.2 Å². The van der Waals surface area contributed by atoms with Gasteiger partial charge in [-0.1, -0.05) is 24.3 Å². The lowest BCUT2D eigenvalue weighted by molar-refractivity contribution is -0.190. The molecule has 4 aromatic rings. The smallest absolute Gasteiger partial charge is 0.347 e. The lowest BCUT2D eigenvalue weighted by Crippen LogP contribution is -2.51. The van der Waals surface area contributed by atoms with E-state index < -0.39 is 39.3 Å². The third-order valence-corrected chi connectivity index (χ3v) is 11.4. The standard InChI is InChI=1S/C33H31F3N4O5S3/c1-32(2,3)40(31(43)33(34,35)36)15-6-16-46-22-12-9-20(10-13-22)30-38-19-23(47-30)18-37-28(41)21-11-14-27-25(17-21)39-29(42)24-7-4-5-8-26(24)48(27,44)45/h4-5,7-14,17,19H,6,15-16,18H2,1-3H3,(H,37,41)(H,39,42). The number of nitrogens with zero attached hydrogens (tertiary/aromatic N) is 2. The highest BCUT2D eigenvalue weighted by molar-refractivity contribution is 7.99. The van der Waals surface area contributed by atoms with Crippen molar-refractivity contribution in [3.8, 4) is 10.6 Å². The Morgan fingerprint density at radius 2 is 1.71 bits per heavy atom. The number of rotatable bonds is 9. The Bertz CT molecular complexity index is 1970. The number of amides is 3. The van der Waals surface area contributed by atoms with Gasteiger partial charge in [0.2, 0.25) is 9.84 Å². The van der Waals surface area contributed by atoms with Gasteiger partial charge in [0.25, 0.3) is 11.8 Å². The van der Waals surface area contributed by atoms with Crippen LogP contribution < -0.4 is 10.6 Å². The van der Waals surface area contributed by atoms with Crippen LogP contribution in [0.5, 0.6) is 0 Å². The van der Waals surface area contributed by atoms with Crippen LogP contribution in [0.15, 0.2) is 87.6 Å². The van der Waals surface area contributed by atoms with E-state index in [1.54, 1.807) is 39.1 Å². The van der Waals surface area contributed by atoms with Gasteiger partial charge in [-0.2, -0.15) is 13.2 Å². The van der Waals surface area contributed by atoms with Gasteiger partial charge in [0.1, 0.15) is 5.01 Å². The summed E-state index contributed by atoms with van der Waals surface area (Å²) in [5.41, 5.74) is 0.117. The van der Waals surface area contributed by atoms with Crippen molar-refractivity contribution in [2.24, 2.45) is 0 Å². The number of benzene rings is 3. The average molecular weight is 717 g/mol. The maximum absolute atomic E-state index is 13.2. The van der Waals surface area contributed by atoms with E-state index in [9.17, 15) is 36.0 Å². The van der Waals surface area contributed by atoms with E-state index in [0.717, 1.165) is 25.2 Å². The van der Waals surface area contributed by atoms with Gasteiger partial charge in [-0.05, 0) is 75.4 Å². The number of thioether (sulfide) groups is 1. The number of halogens is 3. The number of carbonyl (C=O) groups is 3. The molecule has 15 heteroatoms. The van der Waals surface area contributed by atoms with Crippen LogP contribution in [0.2, 0.25) is 0 Å². The topological polar surface area (TPSA) is 126 Å². The molecule has 0 saturated carbocycles. The summed E-state index contributed by atoms with van der Waals surface area (Å²) in [6.07, 6.45) is -2.88. The molecule has 2 N–H and O–H groups in total. The van der Waals surface area contributed by atoms with Crippen molar-refractivity contribution in [2.45, 2.75) is 60.1 Å². The largest absolute Gasteiger partial charge is 0.471 e. The zero-order valence-corrected chi connectivity index (χ0v) is 28.5. The summed E-state index contributed by atoms with van der Waals surface area (Å²) in [7, 11) is -3.99. The average Bonchev–Trinajstić information content (AvgIpc) is 3.48. The molecule has 3 aromatic carbocycles. The van der Waals surface area contributed by atoms with Gasteiger partial charge in [0.15, 0.2) is 0 Å². The fourth-order valence-electron chi connectivity index (χ4n) is 4.99. The number of aromatic nitrogens is 1. The van der Waals surface area contributed by atoms with Gasteiger partial charge in [-0.3, -0.25) is 14.4 Å². The van der Waals surface area contributed by atoms with Crippen LogP contribution >= 0.6 is 23.1 Å². The van der Waals surface area contributed by atoms with E-state index in [-0.39, 0.29) is 39.7 Å². The Balaban J connectivity index is 1.16. The molecule has 5 rings (SSSR count). The second-order valence-corrected chi connectivity index (χ2v) is 16.0. The molecule has 0 spiro atoms. The fraction of sp³-hybridized carbons (Fsp3) is 0.273. The number of fused-ring (bicyclic) bond motifs is 2. The second kappa shape index (κ2) is 13.7. The summed E-state index contributed by atoms with van der Waals surface area (Å²) in [4.78, 5) is 44.3. The fourth-order valence-corrected chi connectivity index (χ4v) is 8.28. The third-order valence-electron chi connectivity index (χ3n) is 7.37. The molecule has 1 aromatic heterocycles.